The maximum atomic E-state index is 11.3. The van der Waals surface area contributed by atoms with E-state index in [1.165, 1.54) is 11.8 Å². The highest BCUT2D eigenvalue weighted by atomic mass is 35.5. The number of anilines is 1. The van der Waals surface area contributed by atoms with Gasteiger partial charge in [0.1, 0.15) is 40.0 Å². The average Bonchev–Trinajstić information content (AvgIpc) is 3.42. The van der Waals surface area contributed by atoms with Crippen molar-refractivity contribution in [3.05, 3.63) is 107 Å². The van der Waals surface area contributed by atoms with Gasteiger partial charge in [-0.15, -0.1) is 0 Å². The molecule has 0 atom stereocenters. The fraction of sp³-hybridized carbons (Fsp3) is 0.226. The van der Waals surface area contributed by atoms with Crippen molar-refractivity contribution in [2.24, 2.45) is 0 Å². The van der Waals surface area contributed by atoms with Gasteiger partial charge in [-0.1, -0.05) is 41.4 Å². The predicted octanol–water partition coefficient (Wildman–Crippen LogP) is 6.18. The van der Waals surface area contributed by atoms with E-state index in [2.05, 4.69) is 39.7 Å². The van der Waals surface area contributed by atoms with Gasteiger partial charge in [0.2, 0.25) is 0 Å². The Kier molecular flexibility index (Phi) is 8.87. The summed E-state index contributed by atoms with van der Waals surface area (Å²) in [6.45, 7) is 3.78. The van der Waals surface area contributed by atoms with Crippen LogP contribution in [0.1, 0.15) is 22.6 Å². The molecule has 2 heterocycles. The van der Waals surface area contributed by atoms with Gasteiger partial charge in [-0.25, -0.2) is 18.4 Å². The van der Waals surface area contributed by atoms with E-state index in [1.54, 1.807) is 6.33 Å². The molecule has 8 nitrogen and oxygen atoms in total. The molecule has 0 aliphatic carbocycles. The molecule has 0 fully saturated rings. The number of aromatic nitrogens is 2. The van der Waals surface area contributed by atoms with Crippen LogP contribution in [0.5, 0.6) is 5.75 Å². The Hall–Kier alpha value is -3.92. The molecule has 0 bridgehead atoms. The highest BCUT2D eigenvalue weighted by Crippen LogP contribution is 2.30. The third-order valence-electron chi connectivity index (χ3n) is 6.48. The number of ether oxygens (including phenoxy) is 1. The molecule has 5 aromatic rings. The van der Waals surface area contributed by atoms with Crippen LogP contribution in [-0.2, 0) is 29.5 Å². The second-order valence-corrected chi connectivity index (χ2v) is 12.6. The van der Waals surface area contributed by atoms with Gasteiger partial charge >= 0.3 is 0 Å². The predicted molar refractivity (Wildman–Crippen MR) is 163 cm³/mol. The van der Waals surface area contributed by atoms with E-state index >= 15 is 0 Å². The molecule has 0 amide bonds. The number of nitrogens with zero attached hydrogens (tertiary/aromatic N) is 2. The van der Waals surface area contributed by atoms with Crippen LogP contribution in [0.4, 0.5) is 5.69 Å². The Morgan fingerprint density at radius 2 is 1.85 bits per heavy atom. The summed E-state index contributed by atoms with van der Waals surface area (Å²) in [6.07, 6.45) is 2.78. The Morgan fingerprint density at radius 1 is 0.976 bits per heavy atom. The number of halogens is 1. The van der Waals surface area contributed by atoms with Gasteiger partial charge in [0.05, 0.1) is 35.1 Å². The van der Waals surface area contributed by atoms with Crippen molar-refractivity contribution in [3.63, 3.8) is 0 Å². The molecule has 10 heteroatoms. The topological polar surface area (TPSA) is 106 Å². The van der Waals surface area contributed by atoms with Crippen molar-refractivity contribution in [3.8, 4) is 17.1 Å². The molecule has 0 aliphatic heterocycles. The summed E-state index contributed by atoms with van der Waals surface area (Å²) in [6, 6.07) is 23.5. The summed E-state index contributed by atoms with van der Waals surface area (Å²) >= 11 is 6.52. The van der Waals surface area contributed by atoms with Crippen LogP contribution < -0.4 is 15.4 Å². The van der Waals surface area contributed by atoms with E-state index < -0.39 is 9.84 Å². The van der Waals surface area contributed by atoms with Crippen LogP contribution in [0, 0.1) is 6.92 Å². The number of rotatable bonds is 12. The van der Waals surface area contributed by atoms with E-state index in [9.17, 15) is 8.42 Å². The zero-order chi connectivity index (χ0) is 28.8. The highest BCUT2D eigenvalue weighted by molar-refractivity contribution is 7.90. The van der Waals surface area contributed by atoms with Crippen LogP contribution >= 0.6 is 11.6 Å². The molecule has 0 spiro atoms. The number of sulfone groups is 1. The number of fused-ring (bicyclic) bond motifs is 1. The van der Waals surface area contributed by atoms with Crippen molar-refractivity contribution in [2.75, 3.05) is 23.9 Å². The fourth-order valence-corrected chi connectivity index (χ4v) is 5.13. The fourth-order valence-electron chi connectivity index (χ4n) is 4.38. The quantitative estimate of drug-likeness (QED) is 0.166. The molecule has 0 aliphatic rings. The molecule has 3 aromatic carbocycles. The molecule has 0 saturated heterocycles. The number of nitrogens with one attached hydrogen (secondary N) is 2. The van der Waals surface area contributed by atoms with E-state index in [1.807, 2.05) is 60.7 Å². The third-order valence-corrected chi connectivity index (χ3v) is 7.72. The lowest BCUT2D eigenvalue weighted by molar-refractivity contribution is 0.306. The zero-order valence-electron chi connectivity index (χ0n) is 22.9. The summed E-state index contributed by atoms with van der Waals surface area (Å²) in [5.74, 6) is 2.14. The zero-order valence-corrected chi connectivity index (χ0v) is 24.4. The minimum Gasteiger partial charge on any atom is -0.487 e. The molecule has 5 rings (SSSR count). The van der Waals surface area contributed by atoms with Gasteiger partial charge in [0.15, 0.2) is 0 Å². The van der Waals surface area contributed by atoms with Gasteiger partial charge in [0, 0.05) is 29.4 Å². The van der Waals surface area contributed by atoms with Crippen molar-refractivity contribution in [2.45, 2.75) is 26.6 Å². The van der Waals surface area contributed by atoms with E-state index in [-0.39, 0.29) is 5.75 Å². The second-order valence-electron chi connectivity index (χ2n) is 9.90. The maximum Gasteiger partial charge on any atom is 0.148 e. The lowest BCUT2D eigenvalue weighted by Gasteiger charge is -2.12. The first kappa shape index (κ1) is 28.6. The van der Waals surface area contributed by atoms with Crippen LogP contribution in [0.3, 0.4) is 0 Å². The Morgan fingerprint density at radius 3 is 2.66 bits per heavy atom. The largest absolute Gasteiger partial charge is 0.487 e. The standard InChI is InChI=1S/C31H31ClN4O4S/c1-21-4-3-5-22(14-21)19-39-31-10-7-24(16-27(31)32)34-18-29-26-15-23(6-9-28(26)35-20-36-29)30-11-8-25(40-30)17-33-12-13-41(2,37)38/h3-11,14-16,20,33-34H,12-13,17-19H2,1-2H3. The Balaban J connectivity index is 1.24. The van der Waals surface area contributed by atoms with Crippen LogP contribution in [0.25, 0.3) is 22.2 Å². The molecule has 41 heavy (non-hydrogen) atoms. The van der Waals surface area contributed by atoms with E-state index in [0.717, 1.165) is 39.2 Å². The van der Waals surface area contributed by atoms with E-state index in [0.29, 0.717) is 42.8 Å². The summed E-state index contributed by atoms with van der Waals surface area (Å²) in [7, 11) is -3.00. The first-order valence-corrected chi connectivity index (χ1v) is 15.6. The van der Waals surface area contributed by atoms with Gasteiger partial charge in [-0.05, 0) is 61.0 Å². The Bertz CT molecular complexity index is 1770. The highest BCUT2D eigenvalue weighted by Gasteiger charge is 2.11. The maximum absolute atomic E-state index is 11.3. The van der Waals surface area contributed by atoms with Gasteiger partial charge in [-0.2, -0.15) is 0 Å². The van der Waals surface area contributed by atoms with Crippen molar-refractivity contribution in [1.29, 1.82) is 0 Å². The Labute approximate surface area is 244 Å². The number of hydrogen-bond acceptors (Lipinski definition) is 8. The molecule has 0 saturated carbocycles. The summed E-state index contributed by atoms with van der Waals surface area (Å²) < 4.78 is 34.6. The average molecular weight is 591 g/mol. The van der Waals surface area contributed by atoms with Gasteiger partial charge in [0.25, 0.3) is 0 Å². The lowest BCUT2D eigenvalue weighted by Crippen LogP contribution is -2.21. The molecule has 2 N–H and O–H groups in total. The van der Waals surface area contributed by atoms with Crippen LogP contribution in [-0.4, -0.2) is 36.9 Å². The van der Waals surface area contributed by atoms with Crippen molar-refractivity contribution < 1.29 is 17.6 Å². The molecular weight excluding hydrogens is 560 g/mol. The number of furan rings is 1. The molecule has 2 aromatic heterocycles. The summed E-state index contributed by atoms with van der Waals surface area (Å²) in [5, 5.41) is 7.93. The van der Waals surface area contributed by atoms with Gasteiger partial charge in [-0.3, -0.25) is 0 Å². The first-order chi connectivity index (χ1) is 19.7. The van der Waals surface area contributed by atoms with Gasteiger partial charge < -0.3 is 19.8 Å². The van der Waals surface area contributed by atoms with Crippen molar-refractivity contribution in [1.82, 2.24) is 15.3 Å². The SMILES string of the molecule is Cc1cccc(COc2ccc(NCc3ncnc4ccc(-c5ccc(CNCCS(C)(=O)=O)o5)cc34)cc2Cl)c1. The first-order valence-electron chi connectivity index (χ1n) is 13.2. The molecule has 0 unspecified atom stereocenters. The number of benzene rings is 3. The number of aryl methyl sites for hydroxylation is 1. The van der Waals surface area contributed by atoms with Crippen molar-refractivity contribution >= 4 is 38.0 Å². The summed E-state index contributed by atoms with van der Waals surface area (Å²) in [5.41, 5.74) is 5.68. The minimum atomic E-state index is -3.00. The van der Waals surface area contributed by atoms with E-state index in [4.69, 9.17) is 20.8 Å². The van der Waals surface area contributed by atoms with Crippen LogP contribution in [0.15, 0.2) is 83.5 Å². The minimum absolute atomic E-state index is 0.0835. The normalized spacial score (nSPS) is 11.6. The second kappa shape index (κ2) is 12.7. The molecule has 212 valence electrons. The summed E-state index contributed by atoms with van der Waals surface area (Å²) in [4.78, 5) is 8.94. The van der Waals surface area contributed by atoms with Crippen LogP contribution in [0.2, 0.25) is 5.02 Å². The third kappa shape index (κ3) is 7.85. The number of hydrogen-bond donors (Lipinski definition) is 2. The monoisotopic (exact) mass is 590 g/mol. The smallest absolute Gasteiger partial charge is 0.148 e. The molecule has 0 radical (unpaired) electrons. The lowest BCUT2D eigenvalue weighted by atomic mass is 10.1. The molecular formula is C31H31ClN4O4S.